The quantitative estimate of drug-likeness (QED) is 0.655. The number of carbonyl (C=O) groups excluding carboxylic acids is 1. The largest absolute Gasteiger partial charge is 0.384 e. The number of amides is 1. The highest BCUT2D eigenvalue weighted by atomic mass is 19.1. The average molecular weight is 323 g/mol. The van der Waals surface area contributed by atoms with Gasteiger partial charge < -0.3 is 11.1 Å². The molecule has 5 heteroatoms. The van der Waals surface area contributed by atoms with Crippen LogP contribution in [0.25, 0.3) is 0 Å². The maximum atomic E-state index is 13.4. The number of carbonyl (C=O) groups is 1. The summed E-state index contributed by atoms with van der Waals surface area (Å²) >= 11 is 0. The van der Waals surface area contributed by atoms with Crippen LogP contribution < -0.4 is 11.1 Å². The number of hydrogen-bond donors (Lipinski definition) is 2. The summed E-state index contributed by atoms with van der Waals surface area (Å²) in [6, 6.07) is 15.7. The van der Waals surface area contributed by atoms with Gasteiger partial charge in [-0.1, -0.05) is 30.3 Å². The average Bonchev–Trinajstić information content (AvgIpc) is 3.38. The molecule has 2 aromatic carbocycles. The zero-order valence-corrected chi connectivity index (χ0v) is 13.1. The molecule has 0 heterocycles. The zero-order valence-electron chi connectivity index (χ0n) is 13.1. The van der Waals surface area contributed by atoms with Crippen molar-refractivity contribution >= 4 is 17.4 Å². The lowest BCUT2D eigenvalue weighted by Crippen LogP contribution is -2.22. The van der Waals surface area contributed by atoms with E-state index in [0.717, 1.165) is 5.69 Å². The standard InChI is InChI=1S/C19H18FN3O/c20-15-6-4-5-14(13-15)19(10-11-19)18(24)23-17(21)9-12-22-16-7-2-1-3-8-16/h1-9,12-13,22H,10-11H2,(H2,21,23,24)/b12-9-. The summed E-state index contributed by atoms with van der Waals surface area (Å²) in [4.78, 5) is 16.4. The fraction of sp³-hybridized carbons (Fsp3) is 0.158. The van der Waals surface area contributed by atoms with Gasteiger partial charge in [0.15, 0.2) is 0 Å². The lowest BCUT2D eigenvalue weighted by atomic mass is 9.95. The minimum atomic E-state index is -0.715. The van der Waals surface area contributed by atoms with Gasteiger partial charge in [0, 0.05) is 11.9 Å². The molecule has 1 fully saturated rings. The van der Waals surface area contributed by atoms with E-state index in [-0.39, 0.29) is 17.6 Å². The molecule has 2 aromatic rings. The van der Waals surface area contributed by atoms with Gasteiger partial charge in [0.05, 0.1) is 5.41 Å². The van der Waals surface area contributed by atoms with E-state index in [9.17, 15) is 9.18 Å². The third kappa shape index (κ3) is 3.51. The van der Waals surface area contributed by atoms with Gasteiger partial charge in [-0.05, 0) is 48.7 Å². The lowest BCUT2D eigenvalue weighted by Gasteiger charge is -2.11. The van der Waals surface area contributed by atoms with Gasteiger partial charge in [0.1, 0.15) is 11.7 Å². The Bertz CT molecular complexity index is 795. The van der Waals surface area contributed by atoms with Crippen molar-refractivity contribution in [1.82, 2.24) is 0 Å². The van der Waals surface area contributed by atoms with E-state index in [4.69, 9.17) is 5.73 Å². The van der Waals surface area contributed by atoms with E-state index in [1.165, 1.54) is 18.2 Å². The predicted molar refractivity (Wildman–Crippen MR) is 93.1 cm³/mol. The minimum absolute atomic E-state index is 0.117. The number of anilines is 1. The summed E-state index contributed by atoms with van der Waals surface area (Å²) in [5, 5.41) is 3.04. The van der Waals surface area contributed by atoms with E-state index in [1.807, 2.05) is 30.3 Å². The number of amidine groups is 1. The van der Waals surface area contributed by atoms with Crippen LogP contribution in [-0.4, -0.2) is 11.7 Å². The second kappa shape index (κ2) is 6.66. The zero-order chi connectivity index (χ0) is 17.0. The maximum Gasteiger partial charge on any atom is 0.258 e. The fourth-order valence-corrected chi connectivity index (χ4v) is 2.56. The van der Waals surface area contributed by atoms with Crippen molar-refractivity contribution in [3.05, 3.63) is 78.3 Å². The van der Waals surface area contributed by atoms with Crippen molar-refractivity contribution in [2.45, 2.75) is 18.3 Å². The van der Waals surface area contributed by atoms with E-state index in [0.29, 0.717) is 18.4 Å². The van der Waals surface area contributed by atoms with Crippen molar-refractivity contribution in [1.29, 1.82) is 0 Å². The summed E-state index contributed by atoms with van der Waals surface area (Å²) in [5.41, 5.74) is 6.66. The molecule has 0 unspecified atom stereocenters. The molecule has 1 aliphatic carbocycles. The van der Waals surface area contributed by atoms with Gasteiger partial charge in [-0.15, -0.1) is 0 Å². The van der Waals surface area contributed by atoms with Gasteiger partial charge in [-0.2, -0.15) is 4.99 Å². The number of para-hydroxylation sites is 1. The number of nitrogens with zero attached hydrogens (tertiary/aromatic N) is 1. The van der Waals surface area contributed by atoms with Crippen LogP contribution in [0.3, 0.4) is 0 Å². The van der Waals surface area contributed by atoms with Crippen LogP contribution in [0.4, 0.5) is 10.1 Å². The van der Waals surface area contributed by atoms with E-state index >= 15 is 0 Å². The topological polar surface area (TPSA) is 67.5 Å². The van der Waals surface area contributed by atoms with Crippen molar-refractivity contribution in [2.75, 3.05) is 5.32 Å². The molecule has 0 bridgehead atoms. The Morgan fingerprint density at radius 2 is 1.92 bits per heavy atom. The second-order valence-electron chi connectivity index (χ2n) is 5.78. The number of nitrogens with two attached hydrogens (primary N) is 1. The Balaban J connectivity index is 1.68. The summed E-state index contributed by atoms with van der Waals surface area (Å²) in [7, 11) is 0. The highest BCUT2D eigenvalue weighted by Gasteiger charge is 2.51. The van der Waals surface area contributed by atoms with Crippen LogP contribution in [0.5, 0.6) is 0 Å². The highest BCUT2D eigenvalue weighted by Crippen LogP contribution is 2.49. The van der Waals surface area contributed by atoms with Crippen LogP contribution in [0, 0.1) is 5.82 Å². The number of benzene rings is 2. The van der Waals surface area contributed by atoms with Gasteiger partial charge in [0.2, 0.25) is 0 Å². The predicted octanol–water partition coefficient (Wildman–Crippen LogP) is 3.37. The normalized spacial score (nSPS) is 16.1. The van der Waals surface area contributed by atoms with Gasteiger partial charge in [-0.3, -0.25) is 4.79 Å². The molecule has 4 nitrogen and oxygen atoms in total. The number of rotatable bonds is 5. The van der Waals surface area contributed by atoms with Gasteiger partial charge in [0.25, 0.3) is 5.91 Å². The lowest BCUT2D eigenvalue weighted by molar-refractivity contribution is -0.120. The highest BCUT2D eigenvalue weighted by molar-refractivity contribution is 6.04. The van der Waals surface area contributed by atoms with Crippen LogP contribution in [-0.2, 0) is 10.2 Å². The number of nitrogens with one attached hydrogen (secondary N) is 1. The molecule has 0 aliphatic heterocycles. The molecule has 1 amide bonds. The summed E-state index contributed by atoms with van der Waals surface area (Å²) in [5.74, 6) is -0.559. The Kier molecular flexibility index (Phi) is 4.42. The molecule has 0 aromatic heterocycles. The molecule has 122 valence electrons. The summed E-state index contributed by atoms with van der Waals surface area (Å²) in [6.45, 7) is 0. The molecule has 0 atom stereocenters. The van der Waals surface area contributed by atoms with Crippen molar-refractivity contribution in [3.8, 4) is 0 Å². The van der Waals surface area contributed by atoms with E-state index in [2.05, 4.69) is 10.3 Å². The summed E-state index contributed by atoms with van der Waals surface area (Å²) in [6.07, 6.45) is 4.49. The molecule has 0 saturated heterocycles. The molecule has 0 radical (unpaired) electrons. The Labute approximate surface area is 139 Å². The molecule has 3 rings (SSSR count). The second-order valence-corrected chi connectivity index (χ2v) is 5.78. The van der Waals surface area contributed by atoms with Crippen LogP contribution >= 0.6 is 0 Å². The van der Waals surface area contributed by atoms with Crippen molar-refractivity contribution in [2.24, 2.45) is 10.7 Å². The first-order chi connectivity index (χ1) is 11.6. The van der Waals surface area contributed by atoms with Crippen molar-refractivity contribution in [3.63, 3.8) is 0 Å². The Morgan fingerprint density at radius 1 is 1.17 bits per heavy atom. The van der Waals surface area contributed by atoms with Crippen LogP contribution in [0.1, 0.15) is 18.4 Å². The SMILES string of the molecule is NC(/C=C\Nc1ccccc1)=NC(=O)C1(c2cccc(F)c2)CC1. The number of hydrogen-bond acceptors (Lipinski definition) is 2. The van der Waals surface area contributed by atoms with Crippen molar-refractivity contribution < 1.29 is 9.18 Å². The smallest absolute Gasteiger partial charge is 0.258 e. The third-order valence-corrected chi connectivity index (χ3v) is 4.05. The Morgan fingerprint density at radius 3 is 2.58 bits per heavy atom. The van der Waals surface area contributed by atoms with Crippen LogP contribution in [0.15, 0.2) is 71.9 Å². The van der Waals surface area contributed by atoms with E-state index < -0.39 is 5.41 Å². The third-order valence-electron chi connectivity index (χ3n) is 4.05. The number of halogens is 1. The molecule has 24 heavy (non-hydrogen) atoms. The monoisotopic (exact) mass is 323 g/mol. The molecule has 1 aliphatic rings. The molecular weight excluding hydrogens is 305 g/mol. The van der Waals surface area contributed by atoms with Crippen LogP contribution in [0.2, 0.25) is 0 Å². The molecular formula is C19H18FN3O. The minimum Gasteiger partial charge on any atom is -0.384 e. The first-order valence-electron chi connectivity index (χ1n) is 7.73. The number of aliphatic imine (C=N–C) groups is 1. The maximum absolute atomic E-state index is 13.4. The first kappa shape index (κ1) is 15.9. The Hall–Kier alpha value is -2.95. The fourth-order valence-electron chi connectivity index (χ4n) is 2.56. The summed E-state index contributed by atoms with van der Waals surface area (Å²) < 4.78 is 13.4. The molecule has 1 saturated carbocycles. The van der Waals surface area contributed by atoms with Gasteiger partial charge >= 0.3 is 0 Å². The molecule has 3 N–H and O–H groups in total. The first-order valence-corrected chi connectivity index (χ1v) is 7.73. The van der Waals surface area contributed by atoms with Gasteiger partial charge in [-0.25, -0.2) is 4.39 Å². The van der Waals surface area contributed by atoms with E-state index in [1.54, 1.807) is 18.3 Å². The molecule has 0 spiro atoms.